The van der Waals surface area contributed by atoms with Crippen LogP contribution in [0.5, 0.6) is 0 Å². The van der Waals surface area contributed by atoms with E-state index in [4.69, 9.17) is 4.74 Å². The first-order valence-corrected chi connectivity index (χ1v) is 12.6. The van der Waals surface area contributed by atoms with Crippen molar-refractivity contribution in [2.24, 2.45) is 0 Å². The number of benzene rings is 3. The molecule has 2 amide bonds. The molecule has 1 N–H and O–H groups in total. The van der Waals surface area contributed by atoms with Gasteiger partial charge in [0, 0.05) is 6.04 Å². The van der Waals surface area contributed by atoms with Gasteiger partial charge < -0.3 is 14.7 Å². The molecule has 8 nitrogen and oxygen atoms in total. The highest BCUT2D eigenvalue weighted by atomic mass is 16.5. The van der Waals surface area contributed by atoms with Gasteiger partial charge in [-0.25, -0.2) is 4.79 Å². The minimum absolute atomic E-state index is 0.0327. The Bertz CT molecular complexity index is 1320. The van der Waals surface area contributed by atoms with Crippen molar-refractivity contribution < 1.29 is 24.2 Å². The lowest BCUT2D eigenvalue weighted by Gasteiger charge is -2.47. The van der Waals surface area contributed by atoms with Crippen molar-refractivity contribution in [2.75, 3.05) is 6.67 Å². The zero-order valence-electron chi connectivity index (χ0n) is 21.9. The molecular formula is C31H31N3O5. The summed E-state index contributed by atoms with van der Waals surface area (Å²) in [4.78, 5) is 41.5. The predicted octanol–water partition coefficient (Wildman–Crippen LogP) is 5.36. The molecular weight excluding hydrogens is 494 g/mol. The second-order valence-electron chi connectivity index (χ2n) is 9.29. The molecule has 1 aliphatic rings. The van der Waals surface area contributed by atoms with Crippen LogP contribution in [0, 0.1) is 0 Å². The normalized spacial score (nSPS) is 15.4. The Hall–Kier alpha value is -4.69. The summed E-state index contributed by atoms with van der Waals surface area (Å²) < 4.78 is 5.92. The van der Waals surface area contributed by atoms with Crippen molar-refractivity contribution >= 4 is 17.8 Å². The molecule has 4 rings (SSSR count). The number of nitrogens with zero attached hydrogens (tertiary/aromatic N) is 3. The van der Waals surface area contributed by atoms with E-state index in [2.05, 4.69) is 6.58 Å². The Balaban J connectivity index is 1.93. The zero-order chi connectivity index (χ0) is 27.9. The third-order valence-corrected chi connectivity index (χ3v) is 6.41. The lowest BCUT2D eigenvalue weighted by Crippen LogP contribution is -2.62. The molecule has 39 heavy (non-hydrogen) atoms. The maximum Gasteiger partial charge on any atom is 0.427 e. The van der Waals surface area contributed by atoms with Crippen molar-refractivity contribution in [3.05, 3.63) is 132 Å². The molecule has 0 spiro atoms. The van der Waals surface area contributed by atoms with Gasteiger partial charge in [0.1, 0.15) is 6.61 Å². The van der Waals surface area contributed by atoms with Crippen molar-refractivity contribution in [3.63, 3.8) is 0 Å². The van der Waals surface area contributed by atoms with E-state index < -0.39 is 23.8 Å². The number of hydrazine groups is 1. The first kappa shape index (κ1) is 27.3. The number of ether oxygens (including phenoxy) is 1. The maximum absolute atomic E-state index is 13.9. The van der Waals surface area contributed by atoms with Crippen LogP contribution in [-0.4, -0.2) is 50.5 Å². The summed E-state index contributed by atoms with van der Waals surface area (Å²) in [7, 11) is 0. The summed E-state index contributed by atoms with van der Waals surface area (Å²) in [5.74, 6) is -1.69. The third kappa shape index (κ3) is 5.91. The molecule has 0 atom stereocenters. The number of carbonyl (C=O) groups is 3. The molecule has 0 aliphatic carbocycles. The first-order valence-electron chi connectivity index (χ1n) is 12.6. The van der Waals surface area contributed by atoms with Crippen LogP contribution in [0.2, 0.25) is 0 Å². The summed E-state index contributed by atoms with van der Waals surface area (Å²) in [6, 6.07) is 27.1. The molecule has 0 radical (unpaired) electrons. The molecule has 0 unspecified atom stereocenters. The van der Waals surface area contributed by atoms with E-state index in [0.29, 0.717) is 0 Å². The molecule has 0 bridgehead atoms. The van der Waals surface area contributed by atoms with Crippen LogP contribution in [0.15, 0.2) is 115 Å². The number of rotatable bonds is 9. The number of amides is 2. The van der Waals surface area contributed by atoms with Crippen molar-refractivity contribution in [1.82, 2.24) is 14.9 Å². The summed E-state index contributed by atoms with van der Waals surface area (Å²) >= 11 is 0. The van der Waals surface area contributed by atoms with E-state index in [0.717, 1.165) is 27.8 Å². The Morgan fingerprint density at radius 3 is 1.90 bits per heavy atom. The Morgan fingerprint density at radius 1 is 0.923 bits per heavy atom. The quantitative estimate of drug-likeness (QED) is 0.299. The van der Waals surface area contributed by atoms with E-state index in [9.17, 15) is 19.5 Å². The third-order valence-electron chi connectivity index (χ3n) is 6.41. The molecule has 200 valence electrons. The second-order valence-corrected chi connectivity index (χ2v) is 9.29. The highest BCUT2D eigenvalue weighted by Gasteiger charge is 2.46. The minimum Gasteiger partial charge on any atom is -0.482 e. The number of hydrogen-bond donors (Lipinski definition) is 1. The standard InChI is InChI=1S/C31H31N3O5/c1-4-26(35)29(39-20-23-14-8-5-9-15-23)28-30(36)32(22(2)3)21-33(34(28)31(37)38)27(24-16-10-6-11-17-24)25-18-12-7-13-19-25/h4-19,22,27H,1,20-21H2,2-3H3,(H,37,38)/b29-28+. The van der Waals surface area contributed by atoms with E-state index >= 15 is 0 Å². The van der Waals surface area contributed by atoms with E-state index in [-0.39, 0.29) is 30.8 Å². The average molecular weight is 526 g/mol. The van der Waals surface area contributed by atoms with Gasteiger partial charge in [-0.15, -0.1) is 0 Å². The fraction of sp³-hybridized carbons (Fsp3) is 0.194. The molecule has 0 aromatic heterocycles. The molecule has 0 saturated carbocycles. The van der Waals surface area contributed by atoms with Crippen molar-refractivity contribution in [2.45, 2.75) is 32.5 Å². The van der Waals surface area contributed by atoms with E-state index in [1.54, 1.807) is 5.01 Å². The van der Waals surface area contributed by atoms with Crippen molar-refractivity contribution in [3.8, 4) is 0 Å². The molecule has 3 aromatic carbocycles. The van der Waals surface area contributed by atoms with Crippen LogP contribution in [-0.2, 0) is 20.9 Å². The highest BCUT2D eigenvalue weighted by molar-refractivity contribution is 6.09. The SMILES string of the molecule is C=CC(=O)/C(OCc1ccccc1)=C1/C(=O)N(C(C)C)CN(C(c2ccccc2)c2ccccc2)N1C(=O)O. The van der Waals surface area contributed by atoms with Gasteiger partial charge >= 0.3 is 6.09 Å². The van der Waals surface area contributed by atoms with Crippen LogP contribution >= 0.6 is 0 Å². The number of ketones is 1. The van der Waals surface area contributed by atoms with Gasteiger partial charge in [0.2, 0.25) is 5.78 Å². The van der Waals surface area contributed by atoms with Crippen LogP contribution in [0.1, 0.15) is 36.6 Å². The molecule has 1 aliphatic heterocycles. The van der Waals surface area contributed by atoms with Gasteiger partial charge in [-0.1, -0.05) is 97.6 Å². The van der Waals surface area contributed by atoms with Crippen LogP contribution in [0.25, 0.3) is 0 Å². The minimum atomic E-state index is -1.42. The largest absolute Gasteiger partial charge is 0.482 e. The Kier molecular flexibility index (Phi) is 8.58. The van der Waals surface area contributed by atoms with E-state index in [1.165, 1.54) is 4.90 Å². The van der Waals surface area contributed by atoms with Gasteiger partial charge in [0.05, 0.1) is 12.7 Å². The highest BCUT2D eigenvalue weighted by Crippen LogP contribution is 2.36. The van der Waals surface area contributed by atoms with Crippen LogP contribution < -0.4 is 0 Å². The number of hydrogen-bond acceptors (Lipinski definition) is 5. The maximum atomic E-state index is 13.9. The topological polar surface area (TPSA) is 90.4 Å². The molecule has 8 heteroatoms. The molecule has 1 fully saturated rings. The summed E-state index contributed by atoms with van der Waals surface area (Å²) in [5, 5.41) is 13.0. The Labute approximate surface area is 228 Å². The second kappa shape index (κ2) is 12.2. The smallest absolute Gasteiger partial charge is 0.427 e. The van der Waals surface area contributed by atoms with E-state index in [1.807, 2.05) is 105 Å². The first-order chi connectivity index (χ1) is 18.8. The number of carbonyl (C=O) groups excluding carboxylic acids is 2. The predicted molar refractivity (Wildman–Crippen MR) is 147 cm³/mol. The molecule has 1 heterocycles. The fourth-order valence-electron chi connectivity index (χ4n) is 4.52. The van der Waals surface area contributed by atoms with Gasteiger partial charge in [0.15, 0.2) is 11.5 Å². The van der Waals surface area contributed by atoms with Gasteiger partial charge in [-0.3, -0.25) is 9.59 Å². The molecule has 1 saturated heterocycles. The summed E-state index contributed by atoms with van der Waals surface area (Å²) in [6.45, 7) is 7.16. The van der Waals surface area contributed by atoms with Gasteiger partial charge in [0.25, 0.3) is 5.91 Å². The summed E-state index contributed by atoms with van der Waals surface area (Å²) in [6.07, 6.45) is -0.401. The lowest BCUT2D eigenvalue weighted by atomic mass is 9.97. The Morgan fingerprint density at radius 2 is 1.44 bits per heavy atom. The number of carboxylic acid groups (broad SMARTS) is 1. The van der Waals surface area contributed by atoms with Gasteiger partial charge in [-0.2, -0.15) is 10.0 Å². The summed E-state index contributed by atoms with van der Waals surface area (Å²) in [5.41, 5.74) is 2.00. The fourth-order valence-corrected chi connectivity index (χ4v) is 4.52. The van der Waals surface area contributed by atoms with Crippen LogP contribution in [0.3, 0.4) is 0 Å². The van der Waals surface area contributed by atoms with Crippen molar-refractivity contribution in [1.29, 1.82) is 0 Å². The lowest BCUT2D eigenvalue weighted by molar-refractivity contribution is -0.154. The average Bonchev–Trinajstić information content (AvgIpc) is 2.95. The van der Waals surface area contributed by atoms with Gasteiger partial charge in [-0.05, 0) is 36.6 Å². The zero-order valence-corrected chi connectivity index (χ0v) is 21.9. The van der Waals surface area contributed by atoms with Crippen LogP contribution in [0.4, 0.5) is 4.79 Å². The monoisotopic (exact) mass is 525 g/mol. The number of allylic oxidation sites excluding steroid dienone is 1. The molecule has 3 aromatic rings.